The van der Waals surface area contributed by atoms with Crippen LogP contribution in [0.4, 0.5) is 4.79 Å². The Labute approximate surface area is 215 Å². The van der Waals surface area contributed by atoms with E-state index in [-0.39, 0.29) is 6.10 Å². The van der Waals surface area contributed by atoms with Crippen molar-refractivity contribution >= 4 is 17.8 Å². The molecule has 1 saturated heterocycles. The number of carboxylic acid groups (broad SMARTS) is 1. The maximum Gasteiger partial charge on any atom is 0.506 e. The molecule has 1 aromatic heterocycles. The average molecular weight is 512 g/mol. The smallest absolute Gasteiger partial charge is 0.489 e. The van der Waals surface area contributed by atoms with E-state index in [2.05, 4.69) is 21.6 Å². The van der Waals surface area contributed by atoms with E-state index in [0.717, 1.165) is 36.3 Å². The molecule has 1 fully saturated rings. The quantitative estimate of drug-likeness (QED) is 0.258. The Kier molecular flexibility index (Phi) is 7.96. The van der Waals surface area contributed by atoms with Gasteiger partial charge in [-0.05, 0) is 37.6 Å². The summed E-state index contributed by atoms with van der Waals surface area (Å²) >= 11 is 6.34. The van der Waals surface area contributed by atoms with Crippen LogP contribution >= 0.6 is 11.6 Å². The predicted octanol–water partition coefficient (Wildman–Crippen LogP) is 6.45. The van der Waals surface area contributed by atoms with Gasteiger partial charge in [-0.2, -0.15) is 4.98 Å². The Hall–Kier alpha value is -3.36. The van der Waals surface area contributed by atoms with E-state index in [9.17, 15) is 4.79 Å². The molecule has 0 atom stereocenters. The van der Waals surface area contributed by atoms with Crippen molar-refractivity contribution < 1.29 is 23.9 Å². The van der Waals surface area contributed by atoms with Crippen LogP contribution in [0.1, 0.15) is 38.7 Å². The number of rotatable bonds is 9. The highest BCUT2D eigenvalue weighted by molar-refractivity contribution is 6.32. The fourth-order valence-corrected chi connectivity index (χ4v) is 4.60. The van der Waals surface area contributed by atoms with Gasteiger partial charge in [0.25, 0.3) is 5.89 Å². The lowest BCUT2D eigenvalue weighted by molar-refractivity contribution is -0.0554. The number of benzene rings is 2. The largest absolute Gasteiger partial charge is 0.506 e. The van der Waals surface area contributed by atoms with Crippen LogP contribution in [0, 0.1) is 0 Å². The number of hydrogen-bond acceptors (Lipinski definition) is 7. The molecule has 0 bridgehead atoms. The van der Waals surface area contributed by atoms with Gasteiger partial charge in [0, 0.05) is 50.0 Å². The molecular formula is C27H30ClN3O5. The van der Waals surface area contributed by atoms with Gasteiger partial charge in [-0.3, -0.25) is 4.90 Å². The maximum absolute atomic E-state index is 11.1. The topological polar surface area (TPSA) is 97.9 Å². The molecule has 1 aliphatic rings. The van der Waals surface area contributed by atoms with Crippen molar-refractivity contribution in [3.05, 3.63) is 65.7 Å². The molecule has 0 saturated carbocycles. The minimum Gasteiger partial charge on any atom is -0.489 e. The van der Waals surface area contributed by atoms with Crippen LogP contribution in [-0.2, 0) is 11.3 Å². The SMILES string of the molecule is C=CCC1(OC(=O)O)CCN(Cc2ccc(-c3noc(-c4ccc(OC(C)C)c(Cl)c4)n3)cc2)CC1. The number of halogens is 1. The summed E-state index contributed by atoms with van der Waals surface area (Å²) in [5, 5.41) is 13.7. The molecule has 2 heterocycles. The first-order chi connectivity index (χ1) is 17.3. The van der Waals surface area contributed by atoms with Crippen molar-refractivity contribution in [3.8, 4) is 28.6 Å². The van der Waals surface area contributed by atoms with Crippen LogP contribution in [0.25, 0.3) is 22.8 Å². The van der Waals surface area contributed by atoms with Crippen LogP contribution in [0.2, 0.25) is 5.02 Å². The van der Waals surface area contributed by atoms with Gasteiger partial charge >= 0.3 is 6.16 Å². The molecule has 2 aromatic carbocycles. The minimum atomic E-state index is -1.23. The lowest BCUT2D eigenvalue weighted by atomic mass is 9.87. The molecule has 4 rings (SSSR count). The Morgan fingerprint density at radius 1 is 1.22 bits per heavy atom. The Balaban J connectivity index is 1.38. The summed E-state index contributed by atoms with van der Waals surface area (Å²) in [7, 11) is 0. The van der Waals surface area contributed by atoms with Crippen molar-refractivity contribution in [2.24, 2.45) is 0 Å². The first-order valence-electron chi connectivity index (χ1n) is 11.9. The number of piperidine rings is 1. The molecule has 9 heteroatoms. The van der Waals surface area contributed by atoms with E-state index in [1.807, 2.05) is 44.2 Å². The summed E-state index contributed by atoms with van der Waals surface area (Å²) in [5.41, 5.74) is 2.04. The van der Waals surface area contributed by atoms with Gasteiger partial charge in [0.1, 0.15) is 11.4 Å². The number of likely N-dealkylation sites (tertiary alicyclic amines) is 1. The van der Waals surface area contributed by atoms with Gasteiger partial charge in [-0.25, -0.2) is 4.79 Å². The van der Waals surface area contributed by atoms with Crippen molar-refractivity contribution in [2.45, 2.75) is 51.4 Å². The van der Waals surface area contributed by atoms with Crippen LogP contribution in [0.15, 0.2) is 59.6 Å². The fraction of sp³-hybridized carbons (Fsp3) is 0.370. The predicted molar refractivity (Wildman–Crippen MR) is 137 cm³/mol. The molecule has 0 radical (unpaired) electrons. The summed E-state index contributed by atoms with van der Waals surface area (Å²) in [6.07, 6.45) is 2.33. The highest BCUT2D eigenvalue weighted by Crippen LogP contribution is 2.33. The molecule has 1 aliphatic heterocycles. The molecule has 0 aliphatic carbocycles. The van der Waals surface area contributed by atoms with Gasteiger partial charge in [0.2, 0.25) is 5.82 Å². The molecule has 1 N–H and O–H groups in total. The molecule has 0 spiro atoms. The number of aromatic nitrogens is 2. The Morgan fingerprint density at radius 2 is 1.92 bits per heavy atom. The zero-order chi connectivity index (χ0) is 25.7. The van der Waals surface area contributed by atoms with E-state index >= 15 is 0 Å². The lowest BCUT2D eigenvalue weighted by Gasteiger charge is -2.40. The second kappa shape index (κ2) is 11.1. The third-order valence-corrected chi connectivity index (χ3v) is 6.47. The fourth-order valence-electron chi connectivity index (χ4n) is 4.37. The molecule has 190 valence electrons. The van der Waals surface area contributed by atoms with Crippen molar-refractivity contribution in [1.82, 2.24) is 15.0 Å². The van der Waals surface area contributed by atoms with Crippen molar-refractivity contribution in [2.75, 3.05) is 13.1 Å². The Bertz CT molecular complexity index is 1200. The lowest BCUT2D eigenvalue weighted by Crippen LogP contribution is -2.46. The third kappa shape index (κ3) is 6.25. The van der Waals surface area contributed by atoms with E-state index < -0.39 is 11.8 Å². The van der Waals surface area contributed by atoms with Crippen LogP contribution in [0.3, 0.4) is 0 Å². The highest BCUT2D eigenvalue weighted by atomic mass is 35.5. The molecule has 36 heavy (non-hydrogen) atoms. The average Bonchev–Trinajstić information content (AvgIpc) is 3.32. The zero-order valence-corrected chi connectivity index (χ0v) is 21.2. The van der Waals surface area contributed by atoms with Crippen LogP contribution in [0.5, 0.6) is 5.75 Å². The summed E-state index contributed by atoms with van der Waals surface area (Å²) in [4.78, 5) is 17.9. The number of ether oxygens (including phenoxy) is 2. The van der Waals surface area contributed by atoms with Gasteiger partial charge in [-0.15, -0.1) is 6.58 Å². The van der Waals surface area contributed by atoms with Gasteiger partial charge < -0.3 is 19.1 Å². The normalized spacial score (nSPS) is 15.6. The second-order valence-electron chi connectivity index (χ2n) is 9.25. The van der Waals surface area contributed by atoms with E-state index in [4.69, 9.17) is 30.7 Å². The van der Waals surface area contributed by atoms with Gasteiger partial charge in [0.05, 0.1) is 11.1 Å². The van der Waals surface area contributed by atoms with Crippen LogP contribution in [-0.4, -0.2) is 51.1 Å². The molecule has 3 aromatic rings. The summed E-state index contributed by atoms with van der Waals surface area (Å²) in [5.74, 6) is 1.49. The summed E-state index contributed by atoms with van der Waals surface area (Å²) < 4.78 is 16.4. The highest BCUT2D eigenvalue weighted by Gasteiger charge is 2.37. The van der Waals surface area contributed by atoms with Gasteiger partial charge in [-0.1, -0.05) is 47.1 Å². The number of carbonyl (C=O) groups is 1. The monoisotopic (exact) mass is 511 g/mol. The molecule has 0 unspecified atom stereocenters. The first kappa shape index (κ1) is 25.7. The molecule has 0 amide bonds. The van der Waals surface area contributed by atoms with E-state index in [0.29, 0.717) is 41.7 Å². The maximum atomic E-state index is 11.1. The Morgan fingerprint density at radius 3 is 2.53 bits per heavy atom. The summed E-state index contributed by atoms with van der Waals surface area (Å²) in [6, 6.07) is 13.4. The first-order valence-corrected chi connectivity index (χ1v) is 12.3. The van der Waals surface area contributed by atoms with E-state index in [1.54, 1.807) is 18.2 Å². The summed E-state index contributed by atoms with van der Waals surface area (Å²) in [6.45, 7) is 9.90. The third-order valence-electron chi connectivity index (χ3n) is 6.17. The number of hydrogen-bond donors (Lipinski definition) is 1. The second-order valence-corrected chi connectivity index (χ2v) is 9.66. The van der Waals surface area contributed by atoms with Crippen molar-refractivity contribution in [1.29, 1.82) is 0 Å². The van der Waals surface area contributed by atoms with E-state index in [1.165, 1.54) is 0 Å². The molecule has 8 nitrogen and oxygen atoms in total. The minimum absolute atomic E-state index is 0.0259. The van der Waals surface area contributed by atoms with Gasteiger partial charge in [0.15, 0.2) is 0 Å². The van der Waals surface area contributed by atoms with Crippen molar-refractivity contribution in [3.63, 3.8) is 0 Å². The zero-order valence-electron chi connectivity index (χ0n) is 20.4. The standard InChI is InChI=1S/C27H30ClN3O5/c1-4-11-27(35-26(32)33)12-14-31(15-13-27)17-19-5-7-20(8-6-19)24-29-25(36-30-24)21-9-10-23(22(28)16-21)34-18(2)3/h4-10,16,18H,1,11-15,17H2,2-3H3,(H,32,33). The van der Waals surface area contributed by atoms with Crippen LogP contribution < -0.4 is 4.74 Å². The molecular weight excluding hydrogens is 482 g/mol. The number of nitrogens with zero attached hydrogens (tertiary/aromatic N) is 3.